The van der Waals surface area contributed by atoms with Gasteiger partial charge in [-0.3, -0.25) is 18.1 Å². The van der Waals surface area contributed by atoms with E-state index in [0.717, 1.165) is 14.2 Å². The molecule has 0 spiro atoms. The molecule has 12 atom stereocenters. The van der Waals surface area contributed by atoms with Crippen LogP contribution in [0, 0.1) is 0 Å². The summed E-state index contributed by atoms with van der Waals surface area (Å²) in [5.74, 6) is 0. The van der Waals surface area contributed by atoms with E-state index in [2.05, 4.69) is 0 Å². The molecule has 376 valence electrons. The molecule has 0 aromatic carbocycles. The lowest BCUT2D eigenvalue weighted by atomic mass is 9.84. The summed E-state index contributed by atoms with van der Waals surface area (Å²) in [5.41, 5.74) is 0. The van der Waals surface area contributed by atoms with Crippen molar-refractivity contribution < 1.29 is 132 Å². The predicted molar refractivity (Wildman–Crippen MR) is 209 cm³/mol. The third-order valence-corrected chi connectivity index (χ3v) is 11.4. The number of ether oxygens (including phenoxy) is 12. The van der Waals surface area contributed by atoms with Crippen LogP contribution in [0.1, 0.15) is 19.3 Å². The van der Waals surface area contributed by atoms with E-state index in [4.69, 9.17) is 74.9 Å². The Morgan fingerprint density at radius 3 is 0.857 bits per heavy atom. The highest BCUT2D eigenvalue weighted by molar-refractivity contribution is 7.47. The maximum Gasteiger partial charge on any atom is 0.470 e. The number of hydrogen-bond donors (Lipinski definition) is 8. The Morgan fingerprint density at radius 1 is 0.302 bits per heavy atom. The van der Waals surface area contributed by atoms with Gasteiger partial charge in [0.25, 0.3) is 0 Å². The van der Waals surface area contributed by atoms with Crippen molar-refractivity contribution in [2.24, 2.45) is 0 Å². The minimum absolute atomic E-state index is 0.00905. The first kappa shape index (κ1) is 59.1. The van der Waals surface area contributed by atoms with Crippen LogP contribution in [0.2, 0.25) is 0 Å². The fourth-order valence-electron chi connectivity index (χ4n) is 6.98. The van der Waals surface area contributed by atoms with Crippen molar-refractivity contribution in [2.75, 3.05) is 109 Å². The summed E-state index contributed by atoms with van der Waals surface area (Å²) >= 11 is 0. The first-order valence-corrected chi connectivity index (χ1v) is 25.3. The Morgan fingerprint density at radius 2 is 0.540 bits per heavy atom. The van der Waals surface area contributed by atoms with Crippen molar-refractivity contribution in [1.29, 1.82) is 0 Å². The number of methoxy groups -OCH3 is 6. The summed E-state index contributed by atoms with van der Waals surface area (Å²) in [6, 6.07) is 0. The molecule has 28 nitrogen and oxygen atoms in total. The van der Waals surface area contributed by atoms with Crippen molar-refractivity contribution in [1.82, 2.24) is 0 Å². The quantitative estimate of drug-likeness (QED) is 0.0284. The van der Waals surface area contributed by atoms with E-state index >= 15 is 0 Å². The molecule has 2 unspecified atom stereocenters. The second kappa shape index (κ2) is 29.1. The highest BCUT2D eigenvalue weighted by atomic mass is 31.2. The lowest BCUT2D eigenvalue weighted by molar-refractivity contribution is -0.265. The molecule has 0 radical (unpaired) electrons. The van der Waals surface area contributed by atoms with Gasteiger partial charge in [-0.2, -0.15) is 0 Å². The molecule has 0 aromatic heterocycles. The first-order chi connectivity index (χ1) is 29.6. The van der Waals surface area contributed by atoms with E-state index in [1.54, 1.807) is 0 Å². The van der Waals surface area contributed by atoms with E-state index < -0.39 is 105 Å². The van der Waals surface area contributed by atoms with Crippen molar-refractivity contribution in [3.63, 3.8) is 0 Å². The lowest BCUT2D eigenvalue weighted by Gasteiger charge is -2.48. The number of rotatable bonds is 34. The van der Waals surface area contributed by atoms with Gasteiger partial charge >= 0.3 is 31.3 Å². The van der Waals surface area contributed by atoms with Crippen molar-refractivity contribution in [3.8, 4) is 0 Å². The highest BCUT2D eigenvalue weighted by Crippen LogP contribution is 2.51. The van der Waals surface area contributed by atoms with Gasteiger partial charge in [0.05, 0.1) is 52.9 Å². The van der Waals surface area contributed by atoms with Crippen LogP contribution in [0.3, 0.4) is 0 Å². The molecule has 2 fully saturated rings. The molecule has 63 heavy (non-hydrogen) atoms. The Hall–Kier alpha value is -0.0400. The van der Waals surface area contributed by atoms with Crippen LogP contribution in [0.15, 0.2) is 0 Å². The average molecular weight is 1010 g/mol. The molecule has 0 aliphatic heterocycles. The molecule has 8 N–H and O–H groups in total. The van der Waals surface area contributed by atoms with Crippen LogP contribution < -0.4 is 0 Å². The molecule has 0 heterocycles. The maximum absolute atomic E-state index is 12.3. The van der Waals surface area contributed by atoms with Crippen LogP contribution in [-0.4, -0.2) is 221 Å². The molecule has 0 bridgehead atoms. The molecule has 2 rings (SSSR count). The van der Waals surface area contributed by atoms with E-state index in [1.165, 1.54) is 28.4 Å². The smallest absolute Gasteiger partial charge is 0.382 e. The van der Waals surface area contributed by atoms with Crippen LogP contribution in [-0.2, 0) is 93.2 Å². The zero-order valence-corrected chi connectivity index (χ0v) is 39.2. The maximum atomic E-state index is 12.3. The summed E-state index contributed by atoms with van der Waals surface area (Å²) in [4.78, 5) is 78.0. The molecule has 0 amide bonds. The van der Waals surface area contributed by atoms with E-state index in [1.807, 2.05) is 0 Å². The molecular weight excluding hydrogens is 944 g/mol. The Labute approximate surface area is 364 Å². The highest BCUT2D eigenvalue weighted by Gasteiger charge is 2.59. The summed E-state index contributed by atoms with van der Waals surface area (Å²) in [5, 5.41) is 0. The number of hydrogen-bond acceptors (Lipinski definition) is 20. The molecule has 2 aliphatic rings. The molecule has 2 saturated carbocycles. The average Bonchev–Trinajstić information content (AvgIpc) is 3.17. The van der Waals surface area contributed by atoms with E-state index in [-0.39, 0.29) is 65.7 Å². The molecule has 0 aromatic rings. The van der Waals surface area contributed by atoms with Gasteiger partial charge in [0.2, 0.25) is 0 Å². The van der Waals surface area contributed by atoms with Gasteiger partial charge in [-0.1, -0.05) is 0 Å². The number of phosphoric acid groups is 4. The van der Waals surface area contributed by atoms with Crippen LogP contribution in [0.4, 0.5) is 0 Å². The number of unbranched alkanes of at least 4 members (excludes halogenated alkanes) is 2. The second-order valence-electron chi connectivity index (χ2n) is 13.7. The molecular formula is C31H64O28P4. The van der Waals surface area contributed by atoms with Gasteiger partial charge in [-0.05, 0) is 19.3 Å². The van der Waals surface area contributed by atoms with Gasteiger partial charge in [0.1, 0.15) is 73.2 Å². The van der Waals surface area contributed by atoms with Crippen molar-refractivity contribution in [2.45, 2.75) is 92.5 Å². The summed E-state index contributed by atoms with van der Waals surface area (Å²) in [6.07, 6.45) is -17.6. The van der Waals surface area contributed by atoms with Gasteiger partial charge in [-0.15, -0.1) is 0 Å². The van der Waals surface area contributed by atoms with Crippen LogP contribution in [0.5, 0.6) is 0 Å². The zero-order chi connectivity index (χ0) is 47.4. The van der Waals surface area contributed by atoms with Crippen molar-refractivity contribution in [3.05, 3.63) is 0 Å². The third kappa shape index (κ3) is 21.4. The zero-order valence-electron chi connectivity index (χ0n) is 35.7. The molecule has 2 aliphatic carbocycles. The van der Waals surface area contributed by atoms with Gasteiger partial charge in [0, 0.05) is 55.9 Å². The lowest BCUT2D eigenvalue weighted by Crippen LogP contribution is -2.67. The topological polar surface area (TPSA) is 378 Å². The predicted octanol–water partition coefficient (Wildman–Crippen LogP) is -0.978. The van der Waals surface area contributed by atoms with Gasteiger partial charge < -0.3 is 96.0 Å². The Kier molecular flexibility index (Phi) is 27.3. The molecule has 32 heteroatoms. The Bertz CT molecular complexity index is 1410. The van der Waals surface area contributed by atoms with Crippen LogP contribution >= 0.6 is 31.3 Å². The van der Waals surface area contributed by atoms with Gasteiger partial charge in [0.15, 0.2) is 0 Å². The van der Waals surface area contributed by atoms with Gasteiger partial charge in [-0.25, -0.2) is 18.3 Å². The second-order valence-corrected chi connectivity index (χ2v) is 18.4. The first-order valence-electron chi connectivity index (χ1n) is 19.2. The number of phosphoric ester groups is 4. The SMILES string of the molecule is COCCOCCO[C@@H]1C(OP(=O)(O)O)[C@H](OCCOCCOC)[C@@H](OC)C(OCCCCCO[C@H]2[C@@H](OP(=O)(O)O)[C@H](OC)[C@@H](OC)[C@H](OP(=O)(O)O)[C@H]2OP(=O)(O)O)[C@H]1OC. The standard InChI is InChI=1S/C31H64O28P4/c1-44-12-14-50-16-18-54-25-22(48-5)24(23(49-6)26(30(25)58-62(38,39)40)55-19-17-51-15-13-45-2)52-10-8-7-9-11-53-27-28(56-60(32,33)34)20(46-3)21(47-4)29(57-61(35,36)37)31(27)59-63(41,42)43/h20-31H,7-19H2,1-6H3,(H2,32,33,34)(H2,35,36,37)(H2,38,39,40)(H2,41,42,43)/t20-,21-,22-,23+,24?,25+,26-,27+,28+,29+,30?,31+/m1/s1. The normalized spacial score (nSPS) is 29.9. The van der Waals surface area contributed by atoms with Crippen LogP contribution in [0.25, 0.3) is 0 Å². The largest absolute Gasteiger partial charge is 0.470 e. The van der Waals surface area contributed by atoms with E-state index in [0.29, 0.717) is 19.6 Å². The summed E-state index contributed by atoms with van der Waals surface area (Å²) in [7, 11) is -13.9. The monoisotopic (exact) mass is 1010 g/mol. The minimum Gasteiger partial charge on any atom is -0.382 e. The molecule has 0 saturated heterocycles. The summed E-state index contributed by atoms with van der Waals surface area (Å²) < 4.78 is 135. The van der Waals surface area contributed by atoms with Crippen molar-refractivity contribution >= 4 is 31.3 Å². The summed E-state index contributed by atoms with van der Waals surface area (Å²) in [6.45, 7) is 0.765. The fraction of sp³-hybridized carbons (Fsp3) is 1.00. The van der Waals surface area contributed by atoms with E-state index in [9.17, 15) is 57.4 Å². The Balaban J connectivity index is 2.30. The third-order valence-electron chi connectivity index (χ3n) is 9.36. The minimum atomic E-state index is -5.53. The fourth-order valence-corrected chi connectivity index (χ4v) is 9.21.